The molecule has 1 fully saturated rings. The van der Waals surface area contributed by atoms with Crippen molar-refractivity contribution in [1.82, 2.24) is 9.97 Å². The minimum Gasteiger partial charge on any atom is -0.368 e. The lowest BCUT2D eigenvalue weighted by molar-refractivity contribution is 0.649. The maximum Gasteiger partial charge on any atom is 0.141 e. The monoisotopic (exact) mass is 372 g/mol. The van der Waals surface area contributed by atoms with E-state index in [2.05, 4.69) is 85.8 Å². The zero-order valence-electron chi connectivity index (χ0n) is 15.0. The van der Waals surface area contributed by atoms with Gasteiger partial charge in [0.2, 0.25) is 0 Å². The number of benzene rings is 2. The van der Waals surface area contributed by atoms with Gasteiger partial charge in [-0.05, 0) is 17.7 Å². The number of piperazine rings is 1. The Morgan fingerprint density at radius 2 is 1.41 bits per heavy atom. The smallest absolute Gasteiger partial charge is 0.141 e. The van der Waals surface area contributed by atoms with Crippen molar-refractivity contribution in [2.24, 2.45) is 0 Å². The van der Waals surface area contributed by atoms with Gasteiger partial charge in [0.25, 0.3) is 0 Å². The molecule has 4 aromatic rings. The minimum atomic E-state index is 0.963. The first-order valence-electron chi connectivity index (χ1n) is 9.23. The van der Waals surface area contributed by atoms with E-state index >= 15 is 0 Å². The van der Waals surface area contributed by atoms with E-state index in [-0.39, 0.29) is 0 Å². The van der Waals surface area contributed by atoms with Gasteiger partial charge in [-0.15, -0.1) is 11.3 Å². The maximum absolute atomic E-state index is 4.69. The molecule has 0 radical (unpaired) electrons. The summed E-state index contributed by atoms with van der Waals surface area (Å²) in [6.07, 6.45) is 1.70. The highest BCUT2D eigenvalue weighted by Crippen LogP contribution is 2.38. The number of para-hydroxylation sites is 1. The number of anilines is 2. The van der Waals surface area contributed by atoms with Gasteiger partial charge in [-0.25, -0.2) is 9.97 Å². The van der Waals surface area contributed by atoms with Gasteiger partial charge in [0, 0.05) is 42.8 Å². The largest absolute Gasteiger partial charge is 0.368 e. The van der Waals surface area contributed by atoms with E-state index in [1.807, 2.05) is 0 Å². The van der Waals surface area contributed by atoms with E-state index in [4.69, 9.17) is 0 Å². The molecule has 4 nitrogen and oxygen atoms in total. The third kappa shape index (κ3) is 3.04. The van der Waals surface area contributed by atoms with Crippen molar-refractivity contribution in [2.75, 3.05) is 36.0 Å². The first-order chi connectivity index (χ1) is 13.4. The van der Waals surface area contributed by atoms with E-state index in [1.165, 1.54) is 22.2 Å². The highest BCUT2D eigenvalue weighted by molar-refractivity contribution is 7.17. The van der Waals surface area contributed by atoms with Crippen LogP contribution in [-0.2, 0) is 0 Å². The van der Waals surface area contributed by atoms with Crippen LogP contribution >= 0.6 is 11.3 Å². The second-order valence-corrected chi connectivity index (χ2v) is 7.56. The van der Waals surface area contributed by atoms with E-state index in [9.17, 15) is 0 Å². The molecule has 0 aliphatic carbocycles. The Bertz CT molecular complexity index is 1040. The summed E-state index contributed by atoms with van der Waals surface area (Å²) in [6, 6.07) is 21.2. The van der Waals surface area contributed by atoms with E-state index in [0.29, 0.717) is 0 Å². The van der Waals surface area contributed by atoms with Crippen molar-refractivity contribution in [3.05, 3.63) is 72.4 Å². The van der Waals surface area contributed by atoms with Gasteiger partial charge in [0.15, 0.2) is 0 Å². The average Bonchev–Trinajstić information content (AvgIpc) is 3.20. The lowest BCUT2D eigenvalue weighted by Gasteiger charge is -2.37. The molecule has 0 bridgehead atoms. The fourth-order valence-corrected chi connectivity index (χ4v) is 4.66. The molecular formula is C22H20N4S. The number of hydrogen-bond acceptors (Lipinski definition) is 5. The molecule has 0 atom stereocenters. The number of hydrogen-bond donors (Lipinski definition) is 0. The summed E-state index contributed by atoms with van der Waals surface area (Å²) < 4.78 is 0. The average molecular weight is 372 g/mol. The molecule has 0 amide bonds. The summed E-state index contributed by atoms with van der Waals surface area (Å²) in [5.41, 5.74) is 3.75. The lowest BCUT2D eigenvalue weighted by atomic mass is 10.1. The van der Waals surface area contributed by atoms with Crippen molar-refractivity contribution in [1.29, 1.82) is 0 Å². The summed E-state index contributed by atoms with van der Waals surface area (Å²) in [5.74, 6) is 1.06. The van der Waals surface area contributed by atoms with Gasteiger partial charge in [-0.3, -0.25) is 0 Å². The van der Waals surface area contributed by atoms with Gasteiger partial charge >= 0.3 is 0 Å². The predicted molar refractivity (Wildman–Crippen MR) is 114 cm³/mol. The van der Waals surface area contributed by atoms with Gasteiger partial charge in [-0.1, -0.05) is 48.5 Å². The predicted octanol–water partition coefficient (Wildman–Crippen LogP) is 4.68. The molecule has 2 aromatic heterocycles. The Labute approximate surface area is 162 Å². The van der Waals surface area contributed by atoms with Crippen LogP contribution in [0.25, 0.3) is 21.3 Å². The van der Waals surface area contributed by atoms with E-state index in [0.717, 1.165) is 36.8 Å². The number of nitrogens with zero attached hydrogens (tertiary/aromatic N) is 4. The molecule has 1 saturated heterocycles. The first kappa shape index (κ1) is 16.3. The van der Waals surface area contributed by atoms with Crippen molar-refractivity contribution in [3.63, 3.8) is 0 Å². The topological polar surface area (TPSA) is 32.3 Å². The summed E-state index contributed by atoms with van der Waals surface area (Å²) in [4.78, 5) is 15.1. The van der Waals surface area contributed by atoms with Crippen LogP contribution in [-0.4, -0.2) is 36.1 Å². The minimum absolute atomic E-state index is 0.963. The van der Waals surface area contributed by atoms with Gasteiger partial charge in [0.1, 0.15) is 17.0 Å². The molecule has 0 unspecified atom stereocenters. The molecular weight excluding hydrogens is 352 g/mol. The summed E-state index contributed by atoms with van der Waals surface area (Å²) in [7, 11) is 0. The van der Waals surface area contributed by atoms with E-state index < -0.39 is 0 Å². The standard InChI is InChI=1S/C22H20N4S/c1-3-7-17(8-4-1)19-15-27-22-20(19)21(23-16-24-22)26-13-11-25(12-14-26)18-9-5-2-6-10-18/h1-10,15-16H,11-14H2. The molecule has 1 aliphatic rings. The molecule has 0 spiro atoms. The highest BCUT2D eigenvalue weighted by atomic mass is 32.1. The number of thiophene rings is 1. The second kappa shape index (κ2) is 7.00. The molecule has 27 heavy (non-hydrogen) atoms. The van der Waals surface area contributed by atoms with Crippen LogP contribution in [0.1, 0.15) is 0 Å². The third-order valence-corrected chi connectivity index (χ3v) is 6.02. The molecule has 134 valence electrons. The fraction of sp³-hybridized carbons (Fsp3) is 0.182. The summed E-state index contributed by atoms with van der Waals surface area (Å²) in [6.45, 7) is 3.93. The first-order valence-corrected chi connectivity index (χ1v) is 10.1. The van der Waals surface area contributed by atoms with Crippen molar-refractivity contribution in [2.45, 2.75) is 0 Å². The van der Waals surface area contributed by atoms with Gasteiger partial charge in [0.05, 0.1) is 5.39 Å². The summed E-state index contributed by atoms with van der Waals surface area (Å²) in [5, 5.41) is 3.39. The van der Waals surface area contributed by atoms with Crippen LogP contribution in [0.4, 0.5) is 11.5 Å². The van der Waals surface area contributed by atoms with Crippen molar-refractivity contribution < 1.29 is 0 Å². The third-order valence-electron chi connectivity index (χ3n) is 5.14. The Morgan fingerprint density at radius 3 is 2.15 bits per heavy atom. The number of fused-ring (bicyclic) bond motifs is 1. The molecule has 1 aliphatic heterocycles. The van der Waals surface area contributed by atoms with Crippen LogP contribution in [0.5, 0.6) is 0 Å². The van der Waals surface area contributed by atoms with Gasteiger partial charge < -0.3 is 9.80 Å². The summed E-state index contributed by atoms with van der Waals surface area (Å²) >= 11 is 1.70. The van der Waals surface area contributed by atoms with Crippen LogP contribution in [0.15, 0.2) is 72.4 Å². The Balaban J connectivity index is 1.47. The molecule has 5 rings (SSSR count). The van der Waals surface area contributed by atoms with Crippen LogP contribution < -0.4 is 9.80 Å². The molecule has 2 aromatic carbocycles. The highest BCUT2D eigenvalue weighted by Gasteiger charge is 2.22. The lowest BCUT2D eigenvalue weighted by Crippen LogP contribution is -2.46. The molecule has 3 heterocycles. The normalized spacial score (nSPS) is 14.7. The van der Waals surface area contributed by atoms with E-state index in [1.54, 1.807) is 17.7 Å². The van der Waals surface area contributed by atoms with Gasteiger partial charge in [-0.2, -0.15) is 0 Å². The second-order valence-electron chi connectivity index (χ2n) is 6.70. The number of rotatable bonds is 3. The molecule has 0 N–H and O–H groups in total. The van der Waals surface area contributed by atoms with Crippen molar-refractivity contribution in [3.8, 4) is 11.1 Å². The van der Waals surface area contributed by atoms with Crippen LogP contribution in [0, 0.1) is 0 Å². The zero-order chi connectivity index (χ0) is 18.1. The Hall–Kier alpha value is -2.92. The number of aromatic nitrogens is 2. The van der Waals surface area contributed by atoms with Crippen molar-refractivity contribution >= 4 is 33.1 Å². The fourth-order valence-electron chi connectivity index (χ4n) is 3.74. The molecule has 0 saturated carbocycles. The zero-order valence-corrected chi connectivity index (χ0v) is 15.8. The maximum atomic E-state index is 4.69. The van der Waals surface area contributed by atoms with Crippen LogP contribution in [0.2, 0.25) is 0 Å². The SMILES string of the molecule is c1ccc(-c2csc3ncnc(N4CCN(c5ccccc5)CC4)c23)cc1. The Morgan fingerprint density at radius 1 is 0.741 bits per heavy atom. The van der Waals surface area contributed by atoms with Crippen LogP contribution in [0.3, 0.4) is 0 Å². The molecule has 5 heteroatoms. The Kier molecular flexibility index (Phi) is 4.22. The quantitative estimate of drug-likeness (QED) is 0.522.